The summed E-state index contributed by atoms with van der Waals surface area (Å²) < 4.78 is 74.9. The predicted molar refractivity (Wildman–Crippen MR) is 114 cm³/mol. The fourth-order valence-corrected chi connectivity index (χ4v) is 4.30. The molecule has 182 valence electrons. The van der Waals surface area contributed by atoms with E-state index in [9.17, 15) is 31.5 Å². The molecule has 0 saturated carbocycles. The Kier molecular flexibility index (Phi) is 5.28. The summed E-state index contributed by atoms with van der Waals surface area (Å²) in [6.45, 7) is 0.0194. The van der Waals surface area contributed by atoms with Crippen LogP contribution in [0.1, 0.15) is 27.8 Å². The van der Waals surface area contributed by atoms with Crippen molar-refractivity contribution in [2.24, 2.45) is 0 Å². The molecule has 7 nitrogen and oxygen atoms in total. The molecule has 0 bridgehead atoms. The summed E-state index contributed by atoms with van der Waals surface area (Å²) in [6, 6.07) is 5.93. The smallest absolute Gasteiger partial charge is 0.406 e. The largest absolute Gasteiger partial charge is 0.573 e. The van der Waals surface area contributed by atoms with E-state index in [1.54, 1.807) is 0 Å². The first-order valence-corrected chi connectivity index (χ1v) is 10.3. The summed E-state index contributed by atoms with van der Waals surface area (Å²) in [7, 11) is 1.46. The maximum Gasteiger partial charge on any atom is 0.573 e. The molecule has 2 aromatic heterocycles. The van der Waals surface area contributed by atoms with Gasteiger partial charge in [0.05, 0.1) is 24.6 Å². The van der Waals surface area contributed by atoms with E-state index in [1.807, 2.05) is 0 Å². The van der Waals surface area contributed by atoms with Gasteiger partial charge >= 0.3 is 6.36 Å². The first-order chi connectivity index (χ1) is 16.5. The Morgan fingerprint density at radius 1 is 1.09 bits per heavy atom. The Labute approximate surface area is 193 Å². The number of nitrogens with one attached hydrogen (secondary N) is 2. The summed E-state index contributed by atoms with van der Waals surface area (Å²) in [6.07, 6.45) is -4.86. The highest BCUT2D eigenvalue weighted by atomic mass is 19.4. The Bertz CT molecular complexity index is 1540. The number of ether oxygens (including phenoxy) is 2. The Balaban J connectivity index is 1.53. The molecule has 0 aliphatic carbocycles. The lowest BCUT2D eigenvalue weighted by Crippen LogP contribution is -2.37. The number of carbonyl (C=O) groups excluding carboxylic acids is 1. The molecule has 1 amide bonds. The minimum Gasteiger partial charge on any atom is -0.406 e. The van der Waals surface area contributed by atoms with Crippen LogP contribution >= 0.6 is 0 Å². The Morgan fingerprint density at radius 3 is 2.51 bits per heavy atom. The second-order valence-corrected chi connectivity index (χ2v) is 8.09. The molecule has 3 heterocycles. The van der Waals surface area contributed by atoms with Gasteiger partial charge in [0.2, 0.25) is 0 Å². The van der Waals surface area contributed by atoms with Crippen LogP contribution in [0.3, 0.4) is 0 Å². The minimum absolute atomic E-state index is 0.00636. The lowest BCUT2D eigenvalue weighted by Gasteiger charge is -2.33. The summed E-state index contributed by atoms with van der Waals surface area (Å²) in [5.74, 6) is -3.29. The van der Waals surface area contributed by atoms with Crippen LogP contribution in [0.4, 0.5) is 22.0 Å². The molecular weight excluding hydrogens is 477 g/mol. The van der Waals surface area contributed by atoms with Gasteiger partial charge in [-0.05, 0) is 41.8 Å². The maximum absolute atomic E-state index is 14.1. The number of fused-ring (bicyclic) bond motifs is 4. The summed E-state index contributed by atoms with van der Waals surface area (Å²) >= 11 is 0. The number of rotatable bonds is 3. The van der Waals surface area contributed by atoms with E-state index >= 15 is 0 Å². The number of pyridine rings is 1. The molecule has 5 rings (SSSR count). The van der Waals surface area contributed by atoms with Crippen molar-refractivity contribution in [2.75, 3.05) is 13.7 Å². The molecule has 0 spiro atoms. The van der Waals surface area contributed by atoms with E-state index < -0.39 is 41.3 Å². The van der Waals surface area contributed by atoms with Crippen molar-refractivity contribution in [1.29, 1.82) is 0 Å². The monoisotopic (exact) mass is 493 g/mol. The van der Waals surface area contributed by atoms with E-state index in [-0.39, 0.29) is 29.7 Å². The van der Waals surface area contributed by atoms with Crippen molar-refractivity contribution < 1.29 is 36.2 Å². The van der Waals surface area contributed by atoms with Gasteiger partial charge in [0.1, 0.15) is 11.4 Å². The number of halogens is 5. The number of carbonyl (C=O) groups is 1. The number of benzene rings is 2. The third-order valence-electron chi connectivity index (χ3n) is 5.88. The highest BCUT2D eigenvalue weighted by Gasteiger charge is 2.33. The van der Waals surface area contributed by atoms with Crippen LogP contribution in [0.5, 0.6) is 5.75 Å². The van der Waals surface area contributed by atoms with Crippen molar-refractivity contribution in [2.45, 2.75) is 19.0 Å². The summed E-state index contributed by atoms with van der Waals surface area (Å²) in [5.41, 5.74) is 0.601. The van der Waals surface area contributed by atoms with E-state index in [0.29, 0.717) is 22.2 Å². The van der Waals surface area contributed by atoms with Gasteiger partial charge in [-0.3, -0.25) is 9.59 Å². The van der Waals surface area contributed by atoms with Crippen molar-refractivity contribution in [3.05, 3.63) is 75.3 Å². The molecule has 0 saturated heterocycles. The average Bonchev–Trinajstić information content (AvgIpc) is 3.21. The molecule has 0 fully saturated rings. The SMILES string of the molecule is CN(C(=O)c1cc2cc(OC(F)(F)F)ccc2[nH]1)[C@H]1COCc2[nH]c(=O)c3cc(F)c(F)cc3c21. The van der Waals surface area contributed by atoms with Gasteiger partial charge in [-0.25, -0.2) is 8.78 Å². The van der Waals surface area contributed by atoms with E-state index in [2.05, 4.69) is 14.7 Å². The molecule has 0 unspecified atom stereocenters. The topological polar surface area (TPSA) is 87.4 Å². The molecule has 35 heavy (non-hydrogen) atoms. The third kappa shape index (κ3) is 4.09. The van der Waals surface area contributed by atoms with Crippen LogP contribution in [0, 0.1) is 11.6 Å². The van der Waals surface area contributed by atoms with Crippen molar-refractivity contribution in [3.8, 4) is 5.75 Å². The van der Waals surface area contributed by atoms with Gasteiger partial charge in [0, 0.05) is 29.2 Å². The zero-order valence-corrected chi connectivity index (χ0v) is 17.9. The predicted octanol–water partition coefficient (Wildman–Crippen LogP) is 4.53. The zero-order chi connectivity index (χ0) is 25.1. The quantitative estimate of drug-likeness (QED) is 0.411. The fourth-order valence-electron chi connectivity index (χ4n) is 4.30. The second-order valence-electron chi connectivity index (χ2n) is 8.09. The number of hydrogen-bond donors (Lipinski definition) is 2. The molecule has 0 radical (unpaired) electrons. The molecule has 4 aromatic rings. The number of amides is 1. The van der Waals surface area contributed by atoms with Crippen molar-refractivity contribution >= 4 is 27.6 Å². The lowest BCUT2D eigenvalue weighted by atomic mass is 9.95. The van der Waals surface area contributed by atoms with Gasteiger partial charge in [-0.1, -0.05) is 0 Å². The maximum atomic E-state index is 14.1. The van der Waals surface area contributed by atoms with Crippen molar-refractivity contribution in [1.82, 2.24) is 14.9 Å². The van der Waals surface area contributed by atoms with Crippen molar-refractivity contribution in [3.63, 3.8) is 0 Å². The molecule has 1 atom stereocenters. The van der Waals surface area contributed by atoms with Crippen LogP contribution in [-0.2, 0) is 11.3 Å². The van der Waals surface area contributed by atoms with Gasteiger partial charge < -0.3 is 24.3 Å². The normalized spacial score (nSPS) is 15.9. The minimum atomic E-state index is -4.86. The molecule has 2 N–H and O–H groups in total. The van der Waals surface area contributed by atoms with Crippen LogP contribution in [0.25, 0.3) is 21.7 Å². The molecule has 12 heteroatoms. The van der Waals surface area contributed by atoms with Gasteiger partial charge in [-0.15, -0.1) is 13.2 Å². The van der Waals surface area contributed by atoms with E-state index in [0.717, 1.165) is 24.3 Å². The molecular formula is C23H16F5N3O4. The molecule has 1 aliphatic heterocycles. The Morgan fingerprint density at radius 2 is 1.80 bits per heavy atom. The number of H-pyrrole nitrogens is 2. The lowest BCUT2D eigenvalue weighted by molar-refractivity contribution is -0.274. The highest BCUT2D eigenvalue weighted by molar-refractivity contribution is 5.99. The summed E-state index contributed by atoms with van der Waals surface area (Å²) in [4.78, 5) is 32.4. The number of alkyl halides is 3. The average molecular weight is 493 g/mol. The second kappa shape index (κ2) is 8.08. The third-order valence-corrected chi connectivity index (χ3v) is 5.88. The van der Waals surface area contributed by atoms with Gasteiger partial charge in [-0.2, -0.15) is 0 Å². The molecule has 2 aromatic carbocycles. The van der Waals surface area contributed by atoms with Crippen LogP contribution in [-0.4, -0.2) is 40.8 Å². The number of nitrogens with zero attached hydrogens (tertiary/aromatic N) is 1. The number of aromatic nitrogens is 2. The number of aromatic amines is 2. The molecule has 1 aliphatic rings. The van der Waals surface area contributed by atoms with E-state index in [1.165, 1.54) is 24.1 Å². The Hall–Kier alpha value is -3.93. The number of likely N-dealkylation sites (N-methyl/N-ethyl adjacent to an activating group) is 1. The zero-order valence-electron chi connectivity index (χ0n) is 17.9. The van der Waals surface area contributed by atoms with Gasteiger partial charge in [0.25, 0.3) is 11.5 Å². The summed E-state index contributed by atoms with van der Waals surface area (Å²) in [5, 5.41) is 0.399. The first kappa shape index (κ1) is 22.8. The standard InChI is InChI=1S/C23H16F5N3O4/c1-31(22(33)17-5-10-4-11(35-23(26,27)28)2-3-16(10)29-17)19-9-34-8-18-20(19)12-6-14(24)15(25)7-13(12)21(32)30-18/h2-7,19,29H,8-9H2,1H3,(H,30,32)/t19-/m0/s1. The van der Waals surface area contributed by atoms with Crippen LogP contribution in [0.15, 0.2) is 41.2 Å². The van der Waals surface area contributed by atoms with Gasteiger partial charge in [0.15, 0.2) is 11.6 Å². The van der Waals surface area contributed by atoms with Crippen LogP contribution < -0.4 is 10.3 Å². The van der Waals surface area contributed by atoms with Crippen LogP contribution in [0.2, 0.25) is 0 Å². The highest BCUT2D eigenvalue weighted by Crippen LogP contribution is 2.35. The fraction of sp³-hybridized carbons (Fsp3) is 0.217. The van der Waals surface area contributed by atoms with E-state index in [4.69, 9.17) is 4.74 Å². The first-order valence-electron chi connectivity index (χ1n) is 10.3. The number of hydrogen-bond acceptors (Lipinski definition) is 4.